The average Bonchev–Trinajstić information content (AvgIpc) is 3.00. The number of halogens is 1. The van der Waals surface area contributed by atoms with E-state index in [1.165, 1.54) is 12.1 Å². The van der Waals surface area contributed by atoms with Gasteiger partial charge >= 0.3 is 29.6 Å². The van der Waals surface area contributed by atoms with Crippen molar-refractivity contribution >= 4 is 22.9 Å². The third-order valence-electron chi connectivity index (χ3n) is 4.99. The van der Waals surface area contributed by atoms with Gasteiger partial charge in [0.2, 0.25) is 0 Å². The maximum absolute atomic E-state index is 13.5. The molecule has 0 aliphatic rings. The summed E-state index contributed by atoms with van der Waals surface area (Å²) >= 11 is 0. The maximum Gasteiger partial charge on any atom is 1.00 e. The van der Waals surface area contributed by atoms with Crippen molar-refractivity contribution in [1.82, 2.24) is 4.57 Å². The second-order valence-electron chi connectivity index (χ2n) is 7.64. The molecule has 7 heteroatoms. The van der Waals surface area contributed by atoms with Gasteiger partial charge in [-0.05, 0) is 43.7 Å². The van der Waals surface area contributed by atoms with Gasteiger partial charge in [-0.3, -0.25) is 0 Å². The fourth-order valence-electron chi connectivity index (χ4n) is 3.76. The summed E-state index contributed by atoms with van der Waals surface area (Å²) in [5.74, 6) is -1.68. The number of hydrogen-bond acceptors (Lipinski definition) is 4. The van der Waals surface area contributed by atoms with Crippen molar-refractivity contribution in [3.05, 3.63) is 66.1 Å². The van der Waals surface area contributed by atoms with Crippen LogP contribution in [0.5, 0.6) is 0 Å². The number of para-hydroxylation sites is 1. The Hall–Kier alpha value is -1.96. The van der Waals surface area contributed by atoms with E-state index >= 15 is 0 Å². The standard InChI is InChI=1S/C24H26FNO4.Na/c1-15(2)26-21-6-4-3-5-20(21)24(16-7-9-17(25)10-8-16)22(26)12-11-18(27)13-19(28)14-23(29)30;/h3-12,15,18-19,27-28H,13-14H2,1-2H3,(H,29,30);/q;+1/p-1/b12-11-;/t18-,19-;/m1./s1/i29+2,30+2;. The molecule has 0 amide bonds. The van der Waals surface area contributed by atoms with Gasteiger partial charge in [0.25, 0.3) is 0 Å². The van der Waals surface area contributed by atoms with E-state index in [1.54, 1.807) is 24.3 Å². The summed E-state index contributed by atoms with van der Waals surface area (Å²) in [4.78, 5) is 10.6. The van der Waals surface area contributed by atoms with Crippen LogP contribution in [0, 0.1) is 5.82 Å². The van der Waals surface area contributed by atoms with E-state index in [0.29, 0.717) is 0 Å². The quantitative estimate of drug-likeness (QED) is 0.392. The zero-order valence-electron chi connectivity index (χ0n) is 18.0. The van der Waals surface area contributed by atoms with E-state index in [4.69, 9.17) is 0 Å². The molecule has 0 unspecified atom stereocenters. The molecule has 1 aromatic heterocycles. The normalized spacial score (nSPS) is 13.5. The molecule has 2 aromatic carbocycles. The number of aromatic nitrogens is 1. The number of nitrogens with zero attached hydrogens (tertiary/aromatic N) is 1. The number of fused-ring (bicyclic) bond motifs is 1. The van der Waals surface area contributed by atoms with Gasteiger partial charge in [-0.1, -0.05) is 36.4 Å². The summed E-state index contributed by atoms with van der Waals surface area (Å²) in [6, 6.07) is 14.3. The molecule has 5 nitrogen and oxygen atoms in total. The van der Waals surface area contributed by atoms with Crippen molar-refractivity contribution in [2.24, 2.45) is 0 Å². The predicted molar refractivity (Wildman–Crippen MR) is 113 cm³/mol. The minimum Gasteiger partial charge on any atom is -0.550 e. The molecule has 2 atom stereocenters. The Kier molecular flexibility index (Phi) is 9.03. The summed E-state index contributed by atoms with van der Waals surface area (Å²) < 4.78 is 15.6. The van der Waals surface area contributed by atoms with E-state index in [1.807, 2.05) is 24.3 Å². The smallest absolute Gasteiger partial charge is 0.550 e. The van der Waals surface area contributed by atoms with Crippen LogP contribution in [0.15, 0.2) is 54.6 Å². The largest absolute Gasteiger partial charge is 1.00 e. The number of aliphatic carboxylic acids is 1. The predicted octanol–water partition coefficient (Wildman–Crippen LogP) is 0.297. The van der Waals surface area contributed by atoms with Crippen LogP contribution in [-0.4, -0.2) is 33.0 Å². The summed E-state index contributed by atoms with van der Waals surface area (Å²) in [5.41, 5.74) is 3.61. The number of carbonyl (C=O) groups is 1. The first-order chi connectivity index (χ1) is 14.3. The van der Waals surface area contributed by atoms with Crippen molar-refractivity contribution in [2.75, 3.05) is 0 Å². The number of rotatable bonds is 8. The van der Waals surface area contributed by atoms with Crippen molar-refractivity contribution in [2.45, 2.75) is 44.9 Å². The van der Waals surface area contributed by atoms with Crippen LogP contribution in [-0.2, 0) is 4.79 Å². The number of carbonyl (C=O) groups excluding carboxylic acids is 1. The van der Waals surface area contributed by atoms with Gasteiger partial charge in [0.15, 0.2) is 0 Å². The Morgan fingerprint density at radius 3 is 2.39 bits per heavy atom. The SMILES string of the molecule is CC(C)n1c(/C=C\[C@@H](O)C[C@@H](O)CC(=[18O])[18O-])c(-c2ccc(F)cc2)c2ccccc21.[Na+]. The van der Waals surface area contributed by atoms with Crippen LogP contribution < -0.4 is 34.7 Å². The summed E-state index contributed by atoms with van der Waals surface area (Å²) in [6.07, 6.45) is 0.450. The molecule has 0 bridgehead atoms. The van der Waals surface area contributed by atoms with Gasteiger partial charge < -0.3 is 24.7 Å². The molecule has 31 heavy (non-hydrogen) atoms. The topological polar surface area (TPSA) is 85.5 Å². The van der Waals surface area contributed by atoms with Crippen LogP contribution in [0.4, 0.5) is 4.39 Å². The molecule has 158 valence electrons. The van der Waals surface area contributed by atoms with Crippen molar-refractivity contribution in [3.63, 3.8) is 0 Å². The number of benzene rings is 2. The molecular formula is C24H25FNNaO4. The second-order valence-corrected chi connectivity index (χ2v) is 7.64. The van der Waals surface area contributed by atoms with E-state index in [0.717, 1.165) is 27.7 Å². The molecule has 0 aliphatic carbocycles. The van der Waals surface area contributed by atoms with Crippen molar-refractivity contribution in [3.8, 4) is 11.1 Å². The Bertz CT molecular complexity index is 1060. The van der Waals surface area contributed by atoms with E-state index in [9.17, 15) is 24.5 Å². The van der Waals surface area contributed by atoms with E-state index in [2.05, 4.69) is 18.4 Å². The molecule has 0 saturated carbocycles. The minimum atomic E-state index is -1.36. The van der Waals surface area contributed by atoms with Gasteiger partial charge in [0.05, 0.1) is 12.2 Å². The number of aliphatic hydroxyl groups is 2. The first kappa shape index (κ1) is 25.3. The minimum absolute atomic E-state index is 0. The molecule has 1 heterocycles. The molecule has 0 saturated heterocycles. The zero-order chi connectivity index (χ0) is 21.8. The summed E-state index contributed by atoms with van der Waals surface area (Å²) in [6.45, 7) is 4.11. The van der Waals surface area contributed by atoms with Crippen LogP contribution in [0.2, 0.25) is 0 Å². The van der Waals surface area contributed by atoms with Gasteiger partial charge in [-0.15, -0.1) is 0 Å². The van der Waals surface area contributed by atoms with Gasteiger partial charge in [0.1, 0.15) is 5.82 Å². The third-order valence-corrected chi connectivity index (χ3v) is 4.99. The number of aliphatic hydroxyl groups excluding tert-OH is 2. The third kappa shape index (κ3) is 6.05. The van der Waals surface area contributed by atoms with E-state index < -0.39 is 24.6 Å². The van der Waals surface area contributed by atoms with Gasteiger partial charge in [0, 0.05) is 47.0 Å². The summed E-state index contributed by atoms with van der Waals surface area (Å²) in [7, 11) is 0. The number of hydrogen-bond donors (Lipinski definition) is 2. The molecule has 0 radical (unpaired) electrons. The van der Waals surface area contributed by atoms with Crippen molar-refractivity contribution in [1.29, 1.82) is 0 Å². The van der Waals surface area contributed by atoms with Crippen LogP contribution in [0.25, 0.3) is 28.1 Å². The Labute approximate surface area is 203 Å². The van der Waals surface area contributed by atoms with Crippen molar-refractivity contribution < 1.29 is 54.1 Å². The second kappa shape index (κ2) is 11.1. The monoisotopic (exact) mass is 437 g/mol. The molecule has 0 fully saturated rings. The Morgan fingerprint density at radius 2 is 1.77 bits per heavy atom. The van der Waals surface area contributed by atoms with Crippen LogP contribution >= 0.6 is 0 Å². The molecule has 0 spiro atoms. The van der Waals surface area contributed by atoms with E-state index in [-0.39, 0.29) is 47.8 Å². The van der Waals surface area contributed by atoms with Gasteiger partial charge in [-0.25, -0.2) is 4.39 Å². The average molecular weight is 437 g/mol. The molecule has 3 aromatic rings. The summed E-state index contributed by atoms with van der Waals surface area (Å²) in [5, 5.41) is 31.6. The molecule has 3 rings (SSSR count). The number of carboxylic acids is 1. The Balaban J connectivity index is 0.00000341. The fourth-order valence-corrected chi connectivity index (χ4v) is 3.76. The zero-order valence-corrected chi connectivity index (χ0v) is 20.0. The van der Waals surface area contributed by atoms with Crippen LogP contribution in [0.1, 0.15) is 38.4 Å². The Morgan fingerprint density at radius 1 is 1.13 bits per heavy atom. The molecule has 0 aliphatic heterocycles. The first-order valence-electron chi connectivity index (χ1n) is 9.91. The molecule has 2 N–H and O–H groups in total. The fraction of sp³-hybridized carbons (Fsp3) is 0.292. The molecular weight excluding hydrogens is 412 g/mol. The maximum atomic E-state index is 13.5. The number of carboxylic acid groups (broad SMARTS) is 1. The van der Waals surface area contributed by atoms with Crippen LogP contribution in [0.3, 0.4) is 0 Å². The first-order valence-corrected chi connectivity index (χ1v) is 9.91. The van der Waals surface area contributed by atoms with Gasteiger partial charge in [-0.2, -0.15) is 0 Å².